The zero-order valence-electron chi connectivity index (χ0n) is 6.45. The molecule has 1 atom stereocenters. The number of nitrogens with zero attached hydrogens (tertiary/aromatic N) is 3. The average Bonchev–Trinajstić information content (AvgIpc) is 2.05. The van der Waals surface area contributed by atoms with E-state index in [9.17, 15) is 0 Å². The van der Waals surface area contributed by atoms with Crippen LogP contribution in [0.5, 0.6) is 0 Å². The van der Waals surface area contributed by atoms with E-state index in [0.717, 1.165) is 6.26 Å². The molecule has 0 radical (unpaired) electrons. The van der Waals surface area contributed by atoms with Crippen LogP contribution in [0.25, 0.3) is 0 Å². The summed E-state index contributed by atoms with van der Waals surface area (Å²) >= 11 is 0. The van der Waals surface area contributed by atoms with Crippen molar-refractivity contribution in [2.75, 3.05) is 0 Å². The van der Waals surface area contributed by atoms with E-state index in [4.69, 9.17) is 30.9 Å². The fourth-order valence-corrected chi connectivity index (χ4v) is 0.179. The van der Waals surface area contributed by atoms with Gasteiger partial charge in [0.05, 0.1) is 18.6 Å². The highest BCUT2D eigenvalue weighted by Crippen LogP contribution is 1.82. The molecule has 0 fully saturated rings. The Labute approximate surface area is 74.8 Å². The lowest BCUT2D eigenvalue weighted by Gasteiger charge is -1.85. The number of nitriles is 3. The van der Waals surface area contributed by atoms with Crippen LogP contribution in [0.1, 0.15) is 6.42 Å². The normalized spacial score (nSPS) is 8.92. The first-order valence-corrected chi connectivity index (χ1v) is 2.94. The van der Waals surface area contributed by atoms with Gasteiger partial charge in [-0.1, -0.05) is 0 Å². The van der Waals surface area contributed by atoms with E-state index in [-0.39, 0.29) is 6.42 Å². The Morgan fingerprint density at radius 1 is 1.31 bits per heavy atom. The Kier molecular flexibility index (Phi) is 10.8. The summed E-state index contributed by atoms with van der Waals surface area (Å²) in [6, 6.07) is 3.14. The summed E-state index contributed by atoms with van der Waals surface area (Å²) in [5.74, 6) is 0. The average molecular weight is 183 g/mol. The van der Waals surface area contributed by atoms with Crippen molar-refractivity contribution in [2.24, 2.45) is 0 Å². The van der Waals surface area contributed by atoms with E-state index in [2.05, 4.69) is 4.65 Å². The molecule has 0 heterocycles. The highest BCUT2D eigenvalue weighted by Gasteiger charge is 2.06. The van der Waals surface area contributed by atoms with E-state index < -0.39 is 13.4 Å². The number of aliphatic hydroxyl groups is 1. The van der Waals surface area contributed by atoms with Crippen LogP contribution in [0, 0.1) is 34.2 Å². The van der Waals surface area contributed by atoms with Gasteiger partial charge in [-0.05, 0) is 0 Å². The maximum absolute atomic E-state index is 8.27. The molecule has 13 heavy (non-hydrogen) atoms. The molecule has 0 aliphatic rings. The first kappa shape index (κ1) is 13.8. The number of rotatable bonds is 2. The van der Waals surface area contributed by atoms with Gasteiger partial charge in [-0.15, -0.1) is 0 Å². The van der Waals surface area contributed by atoms with Gasteiger partial charge in [0.25, 0.3) is 6.26 Å². The summed E-state index contributed by atoms with van der Waals surface area (Å²) in [6.07, 6.45) is -0.140. The summed E-state index contributed by atoms with van der Waals surface area (Å²) < 4.78 is 3.46. The topological polar surface area (TPSA) is 141 Å². The van der Waals surface area contributed by atoms with Gasteiger partial charge in [0.15, 0.2) is 6.10 Å². The van der Waals surface area contributed by atoms with Gasteiger partial charge in [-0.25, -0.2) is 0 Å². The van der Waals surface area contributed by atoms with Crippen molar-refractivity contribution in [3.8, 4) is 18.4 Å². The van der Waals surface area contributed by atoms with E-state index >= 15 is 0 Å². The summed E-state index contributed by atoms with van der Waals surface area (Å²) in [5, 5.41) is 46.7. The summed E-state index contributed by atoms with van der Waals surface area (Å²) in [6.45, 7) is 0. The van der Waals surface area contributed by atoms with Gasteiger partial charge in [-0.3, -0.25) is 0 Å². The molecule has 8 heteroatoms. The largest absolute Gasteiger partial charge is 0.717 e. The molecule has 7 nitrogen and oxygen atoms in total. The van der Waals surface area contributed by atoms with Gasteiger partial charge in [-0.2, -0.15) is 15.8 Å². The smallest absolute Gasteiger partial charge is 0.442 e. The Bertz CT molecular complexity index is 238. The first-order valence-electron chi connectivity index (χ1n) is 2.94. The van der Waals surface area contributed by atoms with E-state index in [1.165, 1.54) is 6.07 Å². The van der Waals surface area contributed by atoms with Crippen LogP contribution in [0.3, 0.4) is 0 Å². The number of hydrogen-bond donors (Lipinski definition) is 3. The quantitative estimate of drug-likeness (QED) is 0.261. The predicted molar refractivity (Wildman–Crippen MR) is 38.7 cm³/mol. The maximum Gasteiger partial charge on any atom is 0.717 e. The number of aliphatic hydroxyl groups excluding tert-OH is 1. The van der Waals surface area contributed by atoms with Crippen LogP contribution in [-0.4, -0.2) is 28.6 Å². The molecule has 0 spiro atoms. The molecular weight excluding hydrogens is 177 g/mol. The van der Waals surface area contributed by atoms with Crippen LogP contribution in [0.2, 0.25) is 0 Å². The second-order valence-electron chi connectivity index (χ2n) is 1.54. The lowest BCUT2D eigenvalue weighted by Crippen LogP contribution is -2.12. The second-order valence-corrected chi connectivity index (χ2v) is 1.54. The molecule has 0 amide bonds. The standard InChI is InChI=1S/C4H4N2O.CH2BNO3/c5-2-1-4(7)3-6;3-1-6-2(4)5/h4,7H,1H2;4-5H. The summed E-state index contributed by atoms with van der Waals surface area (Å²) in [5.41, 5.74) is 0. The minimum Gasteiger partial charge on any atom is -0.442 e. The first-order chi connectivity index (χ1) is 6.08. The van der Waals surface area contributed by atoms with E-state index in [0.29, 0.717) is 0 Å². The fourth-order valence-electron chi connectivity index (χ4n) is 0.179. The Hall–Kier alpha value is -1.79. The molecule has 3 N–H and O–H groups in total. The third kappa shape index (κ3) is 17.8. The molecule has 0 rings (SSSR count). The fraction of sp³-hybridized carbons (Fsp3) is 0.400. The van der Waals surface area contributed by atoms with Crippen molar-refractivity contribution in [2.45, 2.75) is 12.5 Å². The Morgan fingerprint density at radius 2 is 1.85 bits per heavy atom. The molecule has 0 bridgehead atoms. The van der Waals surface area contributed by atoms with Gasteiger partial charge in [0.2, 0.25) is 0 Å². The van der Waals surface area contributed by atoms with Gasteiger partial charge in [0.1, 0.15) is 0 Å². The van der Waals surface area contributed by atoms with Crippen LogP contribution < -0.4 is 0 Å². The van der Waals surface area contributed by atoms with Crippen molar-refractivity contribution < 1.29 is 19.8 Å². The molecule has 68 valence electrons. The molecule has 0 saturated carbocycles. The minimum absolute atomic E-state index is 0.101. The lowest BCUT2D eigenvalue weighted by atomic mass is 10.3. The second kappa shape index (κ2) is 10.2. The van der Waals surface area contributed by atoms with Gasteiger partial charge < -0.3 is 19.8 Å². The molecule has 0 aliphatic carbocycles. The van der Waals surface area contributed by atoms with Crippen molar-refractivity contribution in [1.82, 2.24) is 0 Å². The third-order valence-corrected chi connectivity index (χ3v) is 0.592. The van der Waals surface area contributed by atoms with Crippen LogP contribution in [0.4, 0.5) is 0 Å². The van der Waals surface area contributed by atoms with Crippen molar-refractivity contribution >= 4 is 7.32 Å². The molecule has 0 saturated heterocycles. The Balaban J connectivity index is 0. The molecule has 0 aliphatic heterocycles. The molecule has 0 aromatic carbocycles. The highest BCUT2D eigenvalue weighted by atomic mass is 16.6. The van der Waals surface area contributed by atoms with E-state index in [1.807, 2.05) is 0 Å². The molecule has 1 unspecified atom stereocenters. The molecule has 0 aromatic rings. The van der Waals surface area contributed by atoms with Crippen LogP contribution >= 0.6 is 0 Å². The lowest BCUT2D eigenvalue weighted by molar-refractivity contribution is 0.236. The predicted octanol–water partition coefficient (Wildman–Crippen LogP) is -1.76. The summed E-state index contributed by atoms with van der Waals surface area (Å²) in [7, 11) is -1.96. The van der Waals surface area contributed by atoms with Gasteiger partial charge >= 0.3 is 7.32 Å². The zero-order chi connectivity index (χ0) is 10.7. The molecular formula is C5H6BN3O4. The Morgan fingerprint density at radius 3 is 1.92 bits per heavy atom. The van der Waals surface area contributed by atoms with Crippen LogP contribution in [-0.2, 0) is 4.65 Å². The third-order valence-electron chi connectivity index (χ3n) is 0.592. The monoisotopic (exact) mass is 183 g/mol. The van der Waals surface area contributed by atoms with Crippen LogP contribution in [0.15, 0.2) is 0 Å². The maximum atomic E-state index is 8.27. The van der Waals surface area contributed by atoms with E-state index in [1.54, 1.807) is 6.07 Å². The van der Waals surface area contributed by atoms with Crippen molar-refractivity contribution in [3.05, 3.63) is 0 Å². The van der Waals surface area contributed by atoms with Crippen molar-refractivity contribution in [1.29, 1.82) is 15.8 Å². The zero-order valence-corrected chi connectivity index (χ0v) is 6.45. The van der Waals surface area contributed by atoms with Gasteiger partial charge in [0, 0.05) is 0 Å². The minimum atomic E-state index is -1.96. The SMILES string of the molecule is N#CCC(O)C#N.N#COB(O)O. The highest BCUT2D eigenvalue weighted by molar-refractivity contribution is 6.33. The molecule has 0 aromatic heterocycles. The van der Waals surface area contributed by atoms with Crippen molar-refractivity contribution in [3.63, 3.8) is 0 Å². The summed E-state index contributed by atoms with van der Waals surface area (Å²) in [4.78, 5) is 0. The number of hydrogen-bond acceptors (Lipinski definition) is 7.